The first-order chi connectivity index (χ1) is 9.11. The topological polar surface area (TPSA) is 35.5 Å². The van der Waals surface area contributed by atoms with Crippen molar-refractivity contribution < 1.29 is 5.11 Å². The summed E-state index contributed by atoms with van der Waals surface area (Å²) in [7, 11) is 2.25. The fourth-order valence-electron chi connectivity index (χ4n) is 3.54. The number of aliphatic hydroxyl groups excluding tert-OH is 1. The molecule has 1 fully saturated rings. The maximum atomic E-state index is 9.91. The highest BCUT2D eigenvalue weighted by molar-refractivity contribution is 4.98. The molecule has 120 valence electrons. The van der Waals surface area contributed by atoms with Crippen LogP contribution >= 0.6 is 0 Å². The van der Waals surface area contributed by atoms with Gasteiger partial charge < -0.3 is 15.3 Å². The molecule has 1 aliphatic carbocycles. The van der Waals surface area contributed by atoms with Crippen molar-refractivity contribution in [2.45, 2.75) is 90.9 Å². The van der Waals surface area contributed by atoms with Gasteiger partial charge in [0.2, 0.25) is 0 Å². The summed E-state index contributed by atoms with van der Waals surface area (Å²) in [4.78, 5) is 2.53. The Morgan fingerprint density at radius 3 is 2.35 bits per heavy atom. The standard InChI is InChI=1S/C17H36N2O/c1-13(2)18-17(12-20)10-8-9-15(11-17)19(7)14(3)16(4,5)6/h13-15,18,20H,8-12H2,1-7H3. The molecule has 2 N–H and O–H groups in total. The third-order valence-corrected chi connectivity index (χ3v) is 5.16. The van der Waals surface area contributed by atoms with Gasteiger partial charge in [-0.05, 0) is 45.1 Å². The molecule has 0 aliphatic heterocycles. The van der Waals surface area contributed by atoms with Crippen LogP contribution in [-0.4, -0.2) is 47.3 Å². The zero-order valence-electron chi connectivity index (χ0n) is 14.7. The van der Waals surface area contributed by atoms with Crippen LogP contribution in [0.5, 0.6) is 0 Å². The monoisotopic (exact) mass is 284 g/mol. The highest BCUT2D eigenvalue weighted by Gasteiger charge is 2.39. The number of nitrogens with zero attached hydrogens (tertiary/aromatic N) is 1. The second-order valence-electron chi connectivity index (χ2n) is 8.20. The number of hydrogen-bond acceptors (Lipinski definition) is 3. The second kappa shape index (κ2) is 6.76. The van der Waals surface area contributed by atoms with Crippen molar-refractivity contribution >= 4 is 0 Å². The average Bonchev–Trinajstić information content (AvgIpc) is 2.35. The molecular weight excluding hydrogens is 248 g/mol. The highest BCUT2D eigenvalue weighted by Crippen LogP contribution is 2.34. The summed E-state index contributed by atoms with van der Waals surface area (Å²) in [6, 6.07) is 1.53. The lowest BCUT2D eigenvalue weighted by Crippen LogP contribution is -2.58. The quantitative estimate of drug-likeness (QED) is 0.814. The van der Waals surface area contributed by atoms with Gasteiger partial charge in [-0.1, -0.05) is 34.6 Å². The molecule has 3 nitrogen and oxygen atoms in total. The first-order valence-corrected chi connectivity index (χ1v) is 8.22. The van der Waals surface area contributed by atoms with Gasteiger partial charge in [-0.15, -0.1) is 0 Å². The van der Waals surface area contributed by atoms with Crippen molar-refractivity contribution in [1.82, 2.24) is 10.2 Å². The van der Waals surface area contributed by atoms with Crippen molar-refractivity contribution in [3.63, 3.8) is 0 Å². The number of hydrogen-bond donors (Lipinski definition) is 2. The molecule has 0 aromatic carbocycles. The molecule has 0 heterocycles. The third kappa shape index (κ3) is 4.44. The minimum atomic E-state index is -0.0804. The normalized spacial score (nSPS) is 30.0. The summed E-state index contributed by atoms with van der Waals surface area (Å²) in [5.74, 6) is 0. The Hall–Kier alpha value is -0.120. The highest BCUT2D eigenvalue weighted by atomic mass is 16.3. The predicted octanol–water partition coefficient (Wildman–Crippen LogP) is 3.02. The van der Waals surface area contributed by atoms with Gasteiger partial charge in [0.25, 0.3) is 0 Å². The van der Waals surface area contributed by atoms with Crippen LogP contribution in [0.25, 0.3) is 0 Å². The van der Waals surface area contributed by atoms with Gasteiger partial charge in [0.1, 0.15) is 0 Å². The van der Waals surface area contributed by atoms with Crippen LogP contribution in [0.3, 0.4) is 0 Å². The molecular formula is C17H36N2O. The van der Waals surface area contributed by atoms with E-state index >= 15 is 0 Å². The van der Waals surface area contributed by atoms with Crippen LogP contribution < -0.4 is 5.32 Å². The van der Waals surface area contributed by atoms with Gasteiger partial charge in [-0.3, -0.25) is 0 Å². The Kier molecular flexibility index (Phi) is 6.06. The van der Waals surface area contributed by atoms with Crippen molar-refractivity contribution in [3.05, 3.63) is 0 Å². The molecule has 0 amide bonds. The van der Waals surface area contributed by atoms with E-state index in [4.69, 9.17) is 0 Å². The molecule has 3 unspecified atom stereocenters. The summed E-state index contributed by atoms with van der Waals surface area (Å²) in [6.45, 7) is 13.8. The lowest BCUT2D eigenvalue weighted by atomic mass is 9.77. The fourth-order valence-corrected chi connectivity index (χ4v) is 3.54. The van der Waals surface area contributed by atoms with Gasteiger partial charge in [0, 0.05) is 23.7 Å². The Labute approximate surface area is 126 Å². The van der Waals surface area contributed by atoms with Crippen LogP contribution in [0.4, 0.5) is 0 Å². The summed E-state index contributed by atoms with van der Waals surface area (Å²) < 4.78 is 0. The summed E-state index contributed by atoms with van der Waals surface area (Å²) >= 11 is 0. The molecule has 0 bridgehead atoms. The van der Waals surface area contributed by atoms with E-state index in [0.29, 0.717) is 23.5 Å². The van der Waals surface area contributed by atoms with Gasteiger partial charge in [-0.25, -0.2) is 0 Å². The first kappa shape index (κ1) is 17.9. The van der Waals surface area contributed by atoms with E-state index in [9.17, 15) is 5.11 Å². The smallest absolute Gasteiger partial charge is 0.0613 e. The van der Waals surface area contributed by atoms with Gasteiger partial charge in [-0.2, -0.15) is 0 Å². The first-order valence-electron chi connectivity index (χ1n) is 8.22. The second-order valence-corrected chi connectivity index (χ2v) is 8.20. The predicted molar refractivity (Wildman–Crippen MR) is 87.0 cm³/mol. The van der Waals surface area contributed by atoms with E-state index in [0.717, 1.165) is 12.8 Å². The van der Waals surface area contributed by atoms with Crippen molar-refractivity contribution in [2.75, 3.05) is 13.7 Å². The van der Waals surface area contributed by atoms with Gasteiger partial charge in [0.05, 0.1) is 6.61 Å². The SMILES string of the molecule is CC(C)NC1(CO)CCCC(N(C)C(C)C(C)(C)C)C1. The Balaban J connectivity index is 2.77. The summed E-state index contributed by atoms with van der Waals surface area (Å²) in [5.41, 5.74) is 0.211. The molecule has 1 aliphatic rings. The number of nitrogens with one attached hydrogen (secondary N) is 1. The minimum Gasteiger partial charge on any atom is -0.394 e. The van der Waals surface area contributed by atoms with Crippen LogP contribution in [0.2, 0.25) is 0 Å². The molecule has 0 aromatic rings. The average molecular weight is 284 g/mol. The molecule has 1 rings (SSSR count). The molecule has 3 heteroatoms. The van der Waals surface area contributed by atoms with E-state index in [2.05, 4.69) is 58.8 Å². The summed E-state index contributed by atoms with van der Waals surface area (Å²) in [6.07, 6.45) is 4.60. The fraction of sp³-hybridized carbons (Fsp3) is 1.00. The maximum Gasteiger partial charge on any atom is 0.0613 e. The van der Waals surface area contributed by atoms with Gasteiger partial charge in [0.15, 0.2) is 0 Å². The number of rotatable bonds is 5. The molecule has 3 atom stereocenters. The Morgan fingerprint density at radius 2 is 1.90 bits per heavy atom. The van der Waals surface area contributed by atoms with Crippen LogP contribution in [0.15, 0.2) is 0 Å². The van der Waals surface area contributed by atoms with E-state index in [1.807, 2.05) is 0 Å². The number of aliphatic hydroxyl groups is 1. The maximum absolute atomic E-state index is 9.91. The van der Waals surface area contributed by atoms with E-state index in [-0.39, 0.29) is 12.1 Å². The Morgan fingerprint density at radius 1 is 1.30 bits per heavy atom. The summed E-state index contributed by atoms with van der Waals surface area (Å²) in [5, 5.41) is 13.5. The molecule has 0 aromatic heterocycles. The van der Waals surface area contributed by atoms with Crippen LogP contribution in [0.1, 0.15) is 67.2 Å². The van der Waals surface area contributed by atoms with Crippen LogP contribution in [-0.2, 0) is 0 Å². The van der Waals surface area contributed by atoms with E-state index in [1.54, 1.807) is 0 Å². The largest absolute Gasteiger partial charge is 0.394 e. The third-order valence-electron chi connectivity index (χ3n) is 5.16. The molecule has 0 radical (unpaired) electrons. The van der Waals surface area contributed by atoms with Crippen LogP contribution in [0, 0.1) is 5.41 Å². The molecule has 0 spiro atoms. The Bertz CT molecular complexity index is 298. The zero-order valence-corrected chi connectivity index (χ0v) is 14.7. The lowest BCUT2D eigenvalue weighted by molar-refractivity contribution is 0.0264. The van der Waals surface area contributed by atoms with Crippen molar-refractivity contribution in [2.24, 2.45) is 5.41 Å². The zero-order chi connectivity index (χ0) is 15.6. The van der Waals surface area contributed by atoms with Gasteiger partial charge >= 0.3 is 0 Å². The van der Waals surface area contributed by atoms with E-state index in [1.165, 1.54) is 12.8 Å². The van der Waals surface area contributed by atoms with Crippen molar-refractivity contribution in [1.29, 1.82) is 0 Å². The van der Waals surface area contributed by atoms with Crippen molar-refractivity contribution in [3.8, 4) is 0 Å². The minimum absolute atomic E-state index is 0.0804. The lowest BCUT2D eigenvalue weighted by Gasteiger charge is -2.48. The molecule has 0 saturated heterocycles. The molecule has 1 saturated carbocycles. The molecule has 20 heavy (non-hydrogen) atoms. The van der Waals surface area contributed by atoms with E-state index < -0.39 is 0 Å².